The molecule has 12 heavy (non-hydrogen) atoms. The van der Waals surface area contributed by atoms with Gasteiger partial charge in [-0.15, -0.1) is 0 Å². The lowest BCUT2D eigenvalue weighted by Gasteiger charge is -2.09. The van der Waals surface area contributed by atoms with E-state index in [1.165, 1.54) is 7.11 Å². The van der Waals surface area contributed by atoms with Crippen molar-refractivity contribution in [2.75, 3.05) is 27.4 Å². The fraction of sp³-hybridized carbons (Fsp3) is 0.857. The fourth-order valence-corrected chi connectivity index (χ4v) is 0.437. The Hall–Kier alpha value is -0.650. The first-order valence-electron chi connectivity index (χ1n) is 3.65. The van der Waals surface area contributed by atoms with Gasteiger partial charge in [0.05, 0.1) is 13.2 Å². The smallest absolute Gasteiger partial charge is 0.272 e. The van der Waals surface area contributed by atoms with Crippen molar-refractivity contribution in [2.24, 2.45) is 0 Å². The van der Waals surface area contributed by atoms with E-state index in [0.717, 1.165) is 0 Å². The number of hydrogen-bond donors (Lipinski definition) is 1. The van der Waals surface area contributed by atoms with E-state index in [2.05, 4.69) is 5.48 Å². The molecule has 0 bridgehead atoms. The van der Waals surface area contributed by atoms with Gasteiger partial charge >= 0.3 is 0 Å². The molecule has 72 valence electrons. The summed E-state index contributed by atoms with van der Waals surface area (Å²) in [5, 5.41) is 0. The molecule has 5 nitrogen and oxygen atoms in total. The van der Waals surface area contributed by atoms with Crippen molar-refractivity contribution < 1.29 is 19.1 Å². The number of amides is 1. The second kappa shape index (κ2) is 7.02. The van der Waals surface area contributed by atoms with Crippen molar-refractivity contribution in [1.29, 1.82) is 0 Å². The minimum absolute atomic E-state index is 0.298. The van der Waals surface area contributed by atoms with Gasteiger partial charge < -0.3 is 9.47 Å². The number of carbonyl (C=O) groups is 1. The summed E-state index contributed by atoms with van der Waals surface area (Å²) in [6.45, 7) is 2.41. The SMILES string of the molecule is COCCONC(=O)C(C)OC. The summed E-state index contributed by atoms with van der Waals surface area (Å²) in [6.07, 6.45) is -0.493. The molecule has 1 amide bonds. The van der Waals surface area contributed by atoms with Gasteiger partial charge in [-0.3, -0.25) is 9.63 Å². The largest absolute Gasteiger partial charge is 0.382 e. The van der Waals surface area contributed by atoms with Crippen LogP contribution in [0.25, 0.3) is 0 Å². The van der Waals surface area contributed by atoms with Crippen molar-refractivity contribution in [3.05, 3.63) is 0 Å². The number of carbonyl (C=O) groups excluding carboxylic acids is 1. The molecule has 1 unspecified atom stereocenters. The van der Waals surface area contributed by atoms with Crippen molar-refractivity contribution in [3.63, 3.8) is 0 Å². The summed E-state index contributed by atoms with van der Waals surface area (Å²) in [6, 6.07) is 0. The van der Waals surface area contributed by atoms with E-state index in [1.54, 1.807) is 14.0 Å². The third-order valence-electron chi connectivity index (χ3n) is 1.29. The molecule has 0 aliphatic rings. The first-order valence-corrected chi connectivity index (χ1v) is 3.65. The van der Waals surface area contributed by atoms with Gasteiger partial charge in [-0.1, -0.05) is 0 Å². The topological polar surface area (TPSA) is 56.8 Å². The predicted molar refractivity (Wildman–Crippen MR) is 42.4 cm³/mol. The zero-order chi connectivity index (χ0) is 9.40. The Morgan fingerprint density at radius 2 is 2.08 bits per heavy atom. The van der Waals surface area contributed by atoms with Gasteiger partial charge in [0.2, 0.25) is 0 Å². The van der Waals surface area contributed by atoms with Crippen molar-refractivity contribution in [3.8, 4) is 0 Å². The summed E-state index contributed by atoms with van der Waals surface area (Å²) < 4.78 is 9.45. The maximum Gasteiger partial charge on any atom is 0.272 e. The molecule has 0 fully saturated rings. The van der Waals surface area contributed by atoms with Crippen LogP contribution in [0.1, 0.15) is 6.92 Å². The second-order valence-electron chi connectivity index (χ2n) is 2.19. The maximum absolute atomic E-state index is 10.9. The van der Waals surface area contributed by atoms with Gasteiger partial charge in [-0.2, -0.15) is 0 Å². The fourth-order valence-electron chi connectivity index (χ4n) is 0.437. The molecule has 5 heteroatoms. The first kappa shape index (κ1) is 11.4. The highest BCUT2D eigenvalue weighted by Crippen LogP contribution is 1.86. The average Bonchev–Trinajstić information content (AvgIpc) is 2.10. The molecule has 0 saturated heterocycles. The van der Waals surface area contributed by atoms with E-state index in [4.69, 9.17) is 14.3 Å². The molecule has 1 N–H and O–H groups in total. The van der Waals surface area contributed by atoms with Crippen LogP contribution in [0, 0.1) is 0 Å². The summed E-state index contributed by atoms with van der Waals surface area (Å²) >= 11 is 0. The highest BCUT2D eigenvalue weighted by atomic mass is 16.7. The van der Waals surface area contributed by atoms with Crippen LogP contribution >= 0.6 is 0 Å². The van der Waals surface area contributed by atoms with Crippen LogP contribution in [-0.4, -0.2) is 39.4 Å². The maximum atomic E-state index is 10.9. The van der Waals surface area contributed by atoms with Gasteiger partial charge in [-0.25, -0.2) is 5.48 Å². The number of nitrogens with one attached hydrogen (secondary N) is 1. The standard InChI is InChI=1S/C7H15NO4/c1-6(11-3)7(9)8-12-5-4-10-2/h6H,4-5H2,1-3H3,(H,8,9). The Kier molecular flexibility index (Phi) is 6.64. The summed E-state index contributed by atoms with van der Waals surface area (Å²) in [5.74, 6) is -0.298. The predicted octanol–water partition coefficient (Wildman–Crippen LogP) is -0.285. The molecule has 1 atom stereocenters. The molecule has 0 aromatic rings. The summed E-state index contributed by atoms with van der Waals surface area (Å²) in [5.41, 5.74) is 2.22. The molecule has 0 rings (SSSR count). The molecule has 0 aromatic heterocycles. The third-order valence-corrected chi connectivity index (χ3v) is 1.29. The Morgan fingerprint density at radius 1 is 1.42 bits per heavy atom. The second-order valence-corrected chi connectivity index (χ2v) is 2.19. The molecule has 0 radical (unpaired) electrons. The highest BCUT2D eigenvalue weighted by Gasteiger charge is 2.10. The van der Waals surface area contributed by atoms with E-state index >= 15 is 0 Å². The highest BCUT2D eigenvalue weighted by molar-refractivity contribution is 5.79. The van der Waals surface area contributed by atoms with E-state index in [9.17, 15) is 4.79 Å². The Labute approximate surface area is 71.9 Å². The van der Waals surface area contributed by atoms with Crippen LogP contribution in [0.15, 0.2) is 0 Å². The van der Waals surface area contributed by atoms with E-state index in [-0.39, 0.29) is 5.91 Å². The van der Waals surface area contributed by atoms with Gasteiger partial charge in [0.15, 0.2) is 0 Å². The molecular weight excluding hydrogens is 162 g/mol. The van der Waals surface area contributed by atoms with E-state index in [1.807, 2.05) is 0 Å². The number of hydrogen-bond acceptors (Lipinski definition) is 4. The Balaban J connectivity index is 3.31. The van der Waals surface area contributed by atoms with E-state index in [0.29, 0.717) is 13.2 Å². The van der Waals surface area contributed by atoms with Crippen LogP contribution in [0.2, 0.25) is 0 Å². The monoisotopic (exact) mass is 177 g/mol. The molecular formula is C7H15NO4. The minimum Gasteiger partial charge on any atom is -0.382 e. The van der Waals surface area contributed by atoms with Crippen molar-refractivity contribution in [2.45, 2.75) is 13.0 Å². The lowest BCUT2D eigenvalue weighted by Crippen LogP contribution is -2.34. The Bertz CT molecular complexity index is 129. The number of methoxy groups -OCH3 is 2. The zero-order valence-corrected chi connectivity index (χ0v) is 7.62. The Morgan fingerprint density at radius 3 is 2.58 bits per heavy atom. The molecule has 0 spiro atoms. The van der Waals surface area contributed by atoms with Crippen LogP contribution in [0.5, 0.6) is 0 Å². The molecule has 0 heterocycles. The van der Waals surface area contributed by atoms with Gasteiger partial charge in [0.1, 0.15) is 6.10 Å². The molecule has 0 saturated carbocycles. The number of hydroxylamine groups is 1. The van der Waals surface area contributed by atoms with Crippen molar-refractivity contribution >= 4 is 5.91 Å². The quantitative estimate of drug-likeness (QED) is 0.447. The van der Waals surface area contributed by atoms with Crippen LogP contribution in [0.4, 0.5) is 0 Å². The van der Waals surface area contributed by atoms with Gasteiger partial charge in [-0.05, 0) is 6.92 Å². The minimum atomic E-state index is -0.493. The molecule has 0 aliphatic heterocycles. The number of ether oxygens (including phenoxy) is 2. The summed E-state index contributed by atoms with van der Waals surface area (Å²) in [4.78, 5) is 15.7. The van der Waals surface area contributed by atoms with Crippen LogP contribution in [-0.2, 0) is 19.1 Å². The summed E-state index contributed by atoms with van der Waals surface area (Å²) in [7, 11) is 3.02. The number of rotatable bonds is 6. The zero-order valence-electron chi connectivity index (χ0n) is 7.62. The lowest BCUT2D eigenvalue weighted by molar-refractivity contribution is -0.143. The molecule has 0 aromatic carbocycles. The van der Waals surface area contributed by atoms with Crippen LogP contribution < -0.4 is 5.48 Å². The molecule has 0 aliphatic carbocycles. The van der Waals surface area contributed by atoms with E-state index < -0.39 is 6.10 Å². The van der Waals surface area contributed by atoms with Gasteiger partial charge in [0, 0.05) is 14.2 Å². The first-order chi connectivity index (χ1) is 5.72. The van der Waals surface area contributed by atoms with Gasteiger partial charge in [0.25, 0.3) is 5.91 Å². The lowest BCUT2D eigenvalue weighted by atomic mass is 10.4. The normalized spacial score (nSPS) is 12.6. The van der Waals surface area contributed by atoms with Crippen molar-refractivity contribution in [1.82, 2.24) is 5.48 Å². The van der Waals surface area contributed by atoms with Crippen LogP contribution in [0.3, 0.4) is 0 Å². The third kappa shape index (κ3) is 5.06. The average molecular weight is 177 g/mol.